The molecule has 20 heavy (non-hydrogen) atoms. The topological polar surface area (TPSA) is 81.4 Å². The van der Waals surface area contributed by atoms with Crippen molar-refractivity contribution in [1.82, 2.24) is 5.32 Å². The van der Waals surface area contributed by atoms with E-state index in [1.165, 1.54) is 6.92 Å². The van der Waals surface area contributed by atoms with E-state index in [0.717, 1.165) is 6.42 Å². The number of carbonyl (C=O) groups is 2. The van der Waals surface area contributed by atoms with Crippen molar-refractivity contribution in [2.24, 2.45) is 0 Å². The van der Waals surface area contributed by atoms with E-state index in [2.05, 4.69) is 21.2 Å². The van der Waals surface area contributed by atoms with E-state index < -0.39 is 6.10 Å². The molecule has 0 aliphatic carbocycles. The zero-order chi connectivity index (χ0) is 15.3. The van der Waals surface area contributed by atoms with E-state index in [1.807, 2.05) is 6.92 Å². The molecular weight excluding hydrogens is 324 g/mol. The number of amides is 1. The van der Waals surface area contributed by atoms with Gasteiger partial charge in [0.25, 0.3) is 5.91 Å². The molecule has 1 aromatic carbocycles. The Morgan fingerprint density at radius 3 is 2.65 bits per heavy atom. The maximum atomic E-state index is 11.8. The quantitative estimate of drug-likeness (QED) is 0.614. The second-order valence-corrected chi connectivity index (χ2v) is 5.39. The third kappa shape index (κ3) is 4.23. The van der Waals surface area contributed by atoms with Crippen molar-refractivity contribution in [1.29, 1.82) is 0 Å². The average Bonchev–Trinajstić information content (AvgIpc) is 2.38. The molecule has 3 N–H and O–H groups in total. The summed E-state index contributed by atoms with van der Waals surface area (Å²) in [5, 5.41) is 2.73. The van der Waals surface area contributed by atoms with E-state index in [0.29, 0.717) is 22.3 Å². The van der Waals surface area contributed by atoms with Crippen LogP contribution in [0.15, 0.2) is 16.6 Å². The Balaban J connectivity index is 2.97. The molecule has 1 atom stereocenters. The molecule has 1 rings (SSSR count). The summed E-state index contributed by atoms with van der Waals surface area (Å²) in [6.07, 6.45) is 0.125. The van der Waals surface area contributed by atoms with Gasteiger partial charge in [-0.2, -0.15) is 0 Å². The van der Waals surface area contributed by atoms with Gasteiger partial charge < -0.3 is 15.8 Å². The molecule has 1 aromatic rings. The van der Waals surface area contributed by atoms with Crippen molar-refractivity contribution in [3.8, 4) is 5.75 Å². The van der Waals surface area contributed by atoms with Gasteiger partial charge in [0.2, 0.25) is 0 Å². The SMILES string of the molecule is CCCNC(=O)C(C)Oc1c(N)cc(Br)cc1C(C)=O. The first kappa shape index (κ1) is 16.5. The molecule has 0 saturated heterocycles. The smallest absolute Gasteiger partial charge is 0.260 e. The van der Waals surface area contributed by atoms with E-state index in [9.17, 15) is 9.59 Å². The van der Waals surface area contributed by atoms with Gasteiger partial charge in [0.05, 0.1) is 11.3 Å². The van der Waals surface area contributed by atoms with Gasteiger partial charge in [0.15, 0.2) is 17.6 Å². The van der Waals surface area contributed by atoms with Crippen LogP contribution in [-0.4, -0.2) is 24.3 Å². The predicted octanol–water partition coefficient (Wildman–Crippen LogP) is 2.53. The van der Waals surface area contributed by atoms with Crippen LogP contribution in [0, 0.1) is 0 Å². The molecule has 5 nitrogen and oxygen atoms in total. The van der Waals surface area contributed by atoms with E-state index in [4.69, 9.17) is 10.5 Å². The zero-order valence-electron chi connectivity index (χ0n) is 11.8. The Morgan fingerprint density at radius 2 is 2.10 bits per heavy atom. The van der Waals surface area contributed by atoms with Gasteiger partial charge in [0, 0.05) is 11.0 Å². The van der Waals surface area contributed by atoms with Gasteiger partial charge in [0.1, 0.15) is 0 Å². The van der Waals surface area contributed by atoms with Gasteiger partial charge in [-0.1, -0.05) is 22.9 Å². The van der Waals surface area contributed by atoms with Crippen molar-refractivity contribution < 1.29 is 14.3 Å². The Kier molecular flexibility index (Phi) is 6.01. The maximum absolute atomic E-state index is 11.8. The highest BCUT2D eigenvalue weighted by atomic mass is 79.9. The highest BCUT2D eigenvalue weighted by Gasteiger charge is 2.20. The number of anilines is 1. The highest BCUT2D eigenvalue weighted by Crippen LogP contribution is 2.31. The molecule has 0 aliphatic rings. The molecule has 0 bridgehead atoms. The summed E-state index contributed by atoms with van der Waals surface area (Å²) in [4.78, 5) is 23.4. The number of ether oxygens (including phenoxy) is 1. The Labute approximate surface area is 127 Å². The first-order valence-corrected chi connectivity index (χ1v) is 7.20. The number of hydrogen-bond acceptors (Lipinski definition) is 4. The molecule has 0 spiro atoms. The summed E-state index contributed by atoms with van der Waals surface area (Å²) >= 11 is 3.28. The lowest BCUT2D eigenvalue weighted by atomic mass is 10.1. The van der Waals surface area contributed by atoms with Crippen LogP contribution in [0.2, 0.25) is 0 Å². The lowest BCUT2D eigenvalue weighted by molar-refractivity contribution is -0.127. The minimum Gasteiger partial charge on any atom is -0.478 e. The van der Waals surface area contributed by atoms with Crippen molar-refractivity contribution in [2.75, 3.05) is 12.3 Å². The van der Waals surface area contributed by atoms with Crippen LogP contribution in [0.4, 0.5) is 5.69 Å². The standard InChI is InChI=1S/C14H19BrN2O3/c1-4-5-17-14(19)9(3)20-13-11(8(2)18)6-10(15)7-12(13)16/h6-7,9H,4-5,16H2,1-3H3,(H,17,19). The van der Waals surface area contributed by atoms with Crippen LogP contribution in [0.25, 0.3) is 0 Å². The Hall–Kier alpha value is -1.56. The number of rotatable bonds is 6. The van der Waals surface area contributed by atoms with Crippen LogP contribution in [0.3, 0.4) is 0 Å². The van der Waals surface area contributed by atoms with Crippen LogP contribution in [0.5, 0.6) is 5.75 Å². The van der Waals surface area contributed by atoms with Gasteiger partial charge >= 0.3 is 0 Å². The van der Waals surface area contributed by atoms with E-state index >= 15 is 0 Å². The summed E-state index contributed by atoms with van der Waals surface area (Å²) in [6, 6.07) is 3.27. The fourth-order valence-electron chi connectivity index (χ4n) is 1.63. The lowest BCUT2D eigenvalue weighted by Gasteiger charge is -2.18. The van der Waals surface area contributed by atoms with Crippen molar-refractivity contribution in [2.45, 2.75) is 33.3 Å². The lowest BCUT2D eigenvalue weighted by Crippen LogP contribution is -2.37. The predicted molar refractivity (Wildman–Crippen MR) is 81.9 cm³/mol. The number of halogens is 1. The van der Waals surface area contributed by atoms with Gasteiger partial charge in [-0.15, -0.1) is 0 Å². The molecule has 0 saturated carbocycles. The number of ketones is 1. The summed E-state index contributed by atoms with van der Waals surface area (Å²) in [7, 11) is 0. The van der Waals surface area contributed by atoms with Gasteiger partial charge in [-0.05, 0) is 32.4 Å². The molecule has 0 aliphatic heterocycles. The molecule has 0 fully saturated rings. The van der Waals surface area contributed by atoms with Crippen LogP contribution in [-0.2, 0) is 4.79 Å². The summed E-state index contributed by atoms with van der Waals surface area (Å²) in [6.45, 7) is 5.60. The number of Topliss-reactive ketones (excluding diaryl/α,β-unsaturated/α-hetero) is 1. The second-order valence-electron chi connectivity index (χ2n) is 4.48. The first-order chi connectivity index (χ1) is 9.36. The van der Waals surface area contributed by atoms with Crippen LogP contribution < -0.4 is 15.8 Å². The Bertz CT molecular complexity index is 517. The van der Waals surface area contributed by atoms with E-state index in [1.54, 1.807) is 19.1 Å². The third-order valence-electron chi connectivity index (χ3n) is 2.67. The molecule has 0 aromatic heterocycles. The number of nitrogens with two attached hydrogens (primary N) is 1. The average molecular weight is 343 g/mol. The number of nitrogens with one attached hydrogen (secondary N) is 1. The Morgan fingerprint density at radius 1 is 1.45 bits per heavy atom. The molecule has 1 unspecified atom stereocenters. The molecular formula is C14H19BrN2O3. The fraction of sp³-hybridized carbons (Fsp3) is 0.429. The second kappa shape index (κ2) is 7.28. The van der Waals surface area contributed by atoms with Crippen LogP contribution in [0.1, 0.15) is 37.6 Å². The first-order valence-electron chi connectivity index (χ1n) is 6.41. The van der Waals surface area contributed by atoms with Gasteiger partial charge in [-0.25, -0.2) is 0 Å². The molecule has 6 heteroatoms. The maximum Gasteiger partial charge on any atom is 0.260 e. The number of carbonyl (C=O) groups excluding carboxylic acids is 2. The fourth-order valence-corrected chi connectivity index (χ4v) is 2.11. The minimum atomic E-state index is -0.719. The van der Waals surface area contributed by atoms with Crippen molar-refractivity contribution in [3.63, 3.8) is 0 Å². The summed E-state index contributed by atoms with van der Waals surface area (Å²) in [5.41, 5.74) is 6.54. The highest BCUT2D eigenvalue weighted by molar-refractivity contribution is 9.10. The van der Waals surface area contributed by atoms with Crippen LogP contribution >= 0.6 is 15.9 Å². The molecule has 0 radical (unpaired) electrons. The molecule has 1 amide bonds. The number of hydrogen-bond donors (Lipinski definition) is 2. The van der Waals surface area contributed by atoms with Crippen molar-refractivity contribution in [3.05, 3.63) is 22.2 Å². The number of benzene rings is 1. The summed E-state index contributed by atoms with van der Waals surface area (Å²) in [5.74, 6) is -0.155. The molecule has 110 valence electrons. The van der Waals surface area contributed by atoms with Crippen molar-refractivity contribution >= 4 is 33.3 Å². The monoisotopic (exact) mass is 342 g/mol. The minimum absolute atomic E-state index is 0.172. The normalized spacial score (nSPS) is 11.8. The number of nitrogen functional groups attached to an aromatic ring is 1. The van der Waals surface area contributed by atoms with E-state index in [-0.39, 0.29) is 17.4 Å². The summed E-state index contributed by atoms with van der Waals surface area (Å²) < 4.78 is 6.26. The molecule has 0 heterocycles. The van der Waals surface area contributed by atoms with Gasteiger partial charge in [-0.3, -0.25) is 9.59 Å². The largest absolute Gasteiger partial charge is 0.478 e. The third-order valence-corrected chi connectivity index (χ3v) is 3.13. The zero-order valence-corrected chi connectivity index (χ0v) is 13.4.